The van der Waals surface area contributed by atoms with Crippen molar-refractivity contribution in [3.05, 3.63) is 70.3 Å². The van der Waals surface area contributed by atoms with Crippen molar-refractivity contribution in [1.29, 1.82) is 0 Å². The van der Waals surface area contributed by atoms with Crippen molar-refractivity contribution in [3.8, 4) is 0 Å². The second-order valence-electron chi connectivity index (χ2n) is 6.83. The summed E-state index contributed by atoms with van der Waals surface area (Å²) in [6.45, 7) is 0.356. The third-order valence-corrected chi connectivity index (χ3v) is 5.63. The SMILES string of the molecule is O=C(NCc1cn2cc(Br)ccc2n1)C1(c2cccc(F)c2)CCCC1. The number of pyridine rings is 1. The normalized spacial score (nSPS) is 16.1. The zero-order valence-electron chi connectivity index (χ0n) is 14.2. The molecule has 1 amide bonds. The number of rotatable bonds is 4. The van der Waals surface area contributed by atoms with Gasteiger partial charge in [0, 0.05) is 16.9 Å². The lowest BCUT2D eigenvalue weighted by Gasteiger charge is -2.28. The number of nitrogens with one attached hydrogen (secondary N) is 1. The molecule has 6 heteroatoms. The van der Waals surface area contributed by atoms with Crippen LogP contribution in [-0.4, -0.2) is 15.3 Å². The minimum Gasteiger partial charge on any atom is -0.350 e. The van der Waals surface area contributed by atoms with Crippen LogP contribution in [0, 0.1) is 5.82 Å². The molecule has 4 rings (SSSR count). The molecule has 2 heterocycles. The second-order valence-corrected chi connectivity index (χ2v) is 7.74. The van der Waals surface area contributed by atoms with Crippen molar-refractivity contribution >= 4 is 27.5 Å². The number of carbonyl (C=O) groups is 1. The van der Waals surface area contributed by atoms with Gasteiger partial charge in [0.15, 0.2) is 0 Å². The van der Waals surface area contributed by atoms with Gasteiger partial charge >= 0.3 is 0 Å². The van der Waals surface area contributed by atoms with E-state index in [1.807, 2.05) is 35.0 Å². The number of fused-ring (bicyclic) bond motifs is 1. The summed E-state index contributed by atoms with van der Waals surface area (Å²) in [5.74, 6) is -0.341. The van der Waals surface area contributed by atoms with Gasteiger partial charge in [-0.1, -0.05) is 25.0 Å². The Hall–Kier alpha value is -2.21. The van der Waals surface area contributed by atoms with Gasteiger partial charge in [-0.2, -0.15) is 0 Å². The molecule has 0 spiro atoms. The standard InChI is InChI=1S/C20H19BrFN3O/c21-15-6-7-18-24-17(13-25(18)12-15)11-23-19(26)20(8-1-2-9-20)14-4-3-5-16(22)10-14/h3-7,10,12-13H,1-2,8-9,11H2,(H,23,26). The molecule has 3 aromatic rings. The Labute approximate surface area is 159 Å². The molecule has 1 saturated carbocycles. The highest BCUT2D eigenvalue weighted by molar-refractivity contribution is 9.10. The van der Waals surface area contributed by atoms with E-state index in [-0.39, 0.29) is 11.7 Å². The van der Waals surface area contributed by atoms with Gasteiger partial charge in [-0.15, -0.1) is 0 Å². The van der Waals surface area contributed by atoms with Crippen molar-refractivity contribution < 1.29 is 9.18 Å². The highest BCUT2D eigenvalue weighted by Gasteiger charge is 2.42. The van der Waals surface area contributed by atoms with Crippen LogP contribution in [0.15, 0.2) is 53.3 Å². The third-order valence-electron chi connectivity index (χ3n) is 5.16. The average Bonchev–Trinajstić information content (AvgIpc) is 3.27. The number of nitrogens with zero attached hydrogens (tertiary/aromatic N) is 2. The van der Waals surface area contributed by atoms with Crippen molar-refractivity contribution in [1.82, 2.24) is 14.7 Å². The van der Waals surface area contributed by atoms with E-state index in [2.05, 4.69) is 26.2 Å². The smallest absolute Gasteiger partial charge is 0.230 e. The molecule has 26 heavy (non-hydrogen) atoms. The molecule has 0 atom stereocenters. The highest BCUT2D eigenvalue weighted by atomic mass is 79.9. The van der Waals surface area contributed by atoms with Gasteiger partial charge in [-0.25, -0.2) is 9.37 Å². The van der Waals surface area contributed by atoms with Crippen molar-refractivity contribution in [2.45, 2.75) is 37.6 Å². The molecule has 0 radical (unpaired) electrons. The fourth-order valence-electron chi connectivity index (χ4n) is 3.85. The first-order chi connectivity index (χ1) is 12.6. The number of imidazole rings is 1. The van der Waals surface area contributed by atoms with Gasteiger partial charge in [0.05, 0.1) is 17.7 Å². The minimum atomic E-state index is -0.635. The lowest BCUT2D eigenvalue weighted by Crippen LogP contribution is -2.42. The number of halogens is 2. The maximum atomic E-state index is 13.7. The predicted octanol–water partition coefficient (Wildman–Crippen LogP) is 4.36. The maximum absolute atomic E-state index is 13.7. The van der Waals surface area contributed by atoms with Gasteiger partial charge in [0.2, 0.25) is 5.91 Å². The van der Waals surface area contributed by atoms with E-state index in [1.54, 1.807) is 6.07 Å². The van der Waals surface area contributed by atoms with E-state index in [0.717, 1.165) is 47.1 Å². The second kappa shape index (κ2) is 6.83. The Morgan fingerprint density at radius 1 is 1.23 bits per heavy atom. The molecule has 0 bridgehead atoms. The molecule has 1 N–H and O–H groups in total. The first kappa shape index (κ1) is 17.2. The van der Waals surface area contributed by atoms with Gasteiger partial charge < -0.3 is 9.72 Å². The molecule has 0 saturated heterocycles. The Bertz CT molecular complexity index is 963. The molecule has 1 fully saturated rings. The predicted molar refractivity (Wildman–Crippen MR) is 101 cm³/mol. The molecule has 134 valence electrons. The molecule has 0 aliphatic heterocycles. The third kappa shape index (κ3) is 3.14. The largest absolute Gasteiger partial charge is 0.350 e. The molecule has 1 aliphatic rings. The first-order valence-electron chi connectivity index (χ1n) is 8.74. The fraction of sp³-hybridized carbons (Fsp3) is 0.300. The molecule has 1 aliphatic carbocycles. The molecular weight excluding hydrogens is 397 g/mol. The topological polar surface area (TPSA) is 46.4 Å². The van der Waals surface area contributed by atoms with E-state index in [1.165, 1.54) is 12.1 Å². The van der Waals surface area contributed by atoms with E-state index in [9.17, 15) is 9.18 Å². The number of benzene rings is 1. The summed E-state index contributed by atoms with van der Waals surface area (Å²) in [6, 6.07) is 10.3. The fourth-order valence-corrected chi connectivity index (χ4v) is 4.21. The van der Waals surface area contributed by atoms with Crippen LogP contribution >= 0.6 is 15.9 Å². The summed E-state index contributed by atoms with van der Waals surface area (Å²) in [6.07, 6.45) is 7.29. The van der Waals surface area contributed by atoms with Crippen molar-refractivity contribution in [2.24, 2.45) is 0 Å². The lowest BCUT2D eigenvalue weighted by molar-refractivity contribution is -0.126. The molecule has 1 aromatic carbocycles. The van der Waals surface area contributed by atoms with Crippen LogP contribution in [0.5, 0.6) is 0 Å². The summed E-state index contributed by atoms with van der Waals surface area (Å²) in [7, 11) is 0. The quantitative estimate of drug-likeness (QED) is 0.687. The van der Waals surface area contributed by atoms with Crippen LogP contribution in [0.25, 0.3) is 5.65 Å². The Morgan fingerprint density at radius 2 is 2.04 bits per heavy atom. The van der Waals surface area contributed by atoms with Crippen LogP contribution in [0.3, 0.4) is 0 Å². The first-order valence-corrected chi connectivity index (χ1v) is 9.54. The van der Waals surface area contributed by atoms with Gasteiger partial charge in [0.1, 0.15) is 11.5 Å². The highest BCUT2D eigenvalue weighted by Crippen LogP contribution is 2.41. The number of hydrogen-bond acceptors (Lipinski definition) is 2. The zero-order valence-corrected chi connectivity index (χ0v) is 15.8. The summed E-state index contributed by atoms with van der Waals surface area (Å²) in [4.78, 5) is 17.6. The monoisotopic (exact) mass is 415 g/mol. The summed E-state index contributed by atoms with van der Waals surface area (Å²) in [5, 5.41) is 3.03. The Morgan fingerprint density at radius 3 is 2.81 bits per heavy atom. The van der Waals surface area contributed by atoms with E-state index in [0.29, 0.717) is 6.54 Å². The summed E-state index contributed by atoms with van der Waals surface area (Å²) < 4.78 is 16.6. The van der Waals surface area contributed by atoms with E-state index < -0.39 is 5.41 Å². The van der Waals surface area contributed by atoms with Gasteiger partial charge in [-0.3, -0.25) is 4.79 Å². The zero-order chi connectivity index (χ0) is 18.1. The Kier molecular flexibility index (Phi) is 4.53. The molecule has 0 unspecified atom stereocenters. The molecule has 2 aromatic heterocycles. The lowest BCUT2D eigenvalue weighted by atomic mass is 9.78. The summed E-state index contributed by atoms with van der Waals surface area (Å²) in [5.41, 5.74) is 1.76. The minimum absolute atomic E-state index is 0.0427. The van der Waals surface area contributed by atoms with Crippen LogP contribution in [0.1, 0.15) is 36.9 Å². The number of hydrogen-bond donors (Lipinski definition) is 1. The number of carbonyl (C=O) groups excluding carboxylic acids is 1. The van der Waals surface area contributed by atoms with Gasteiger partial charge in [-0.05, 0) is 58.6 Å². The average molecular weight is 416 g/mol. The van der Waals surface area contributed by atoms with Crippen LogP contribution in [0.4, 0.5) is 4.39 Å². The van der Waals surface area contributed by atoms with E-state index >= 15 is 0 Å². The maximum Gasteiger partial charge on any atom is 0.230 e. The van der Waals surface area contributed by atoms with Crippen LogP contribution in [-0.2, 0) is 16.8 Å². The number of amides is 1. The molecule has 4 nitrogen and oxygen atoms in total. The van der Waals surface area contributed by atoms with Crippen molar-refractivity contribution in [2.75, 3.05) is 0 Å². The Balaban J connectivity index is 1.55. The van der Waals surface area contributed by atoms with E-state index in [4.69, 9.17) is 0 Å². The van der Waals surface area contributed by atoms with Crippen molar-refractivity contribution in [3.63, 3.8) is 0 Å². The summed E-state index contributed by atoms with van der Waals surface area (Å²) >= 11 is 3.44. The molecular formula is C20H19BrFN3O. The number of aromatic nitrogens is 2. The van der Waals surface area contributed by atoms with Gasteiger partial charge in [0.25, 0.3) is 0 Å². The van der Waals surface area contributed by atoms with Crippen LogP contribution in [0.2, 0.25) is 0 Å². The van der Waals surface area contributed by atoms with Crippen LogP contribution < -0.4 is 5.32 Å².